The smallest absolute Gasteiger partial charge is 0.185 e. The lowest BCUT2D eigenvalue weighted by atomic mass is 10.1. The second kappa shape index (κ2) is 4.24. The Morgan fingerprint density at radius 1 is 1.23 bits per heavy atom. The standard InChI is InChI=1S/C11H11ClO/c1-8(2)7-11(13)9-3-5-10(12)6-4-9/h3-7H,1-2H3. The number of halogens is 1. The van der Waals surface area contributed by atoms with E-state index >= 15 is 0 Å². The zero-order chi connectivity index (χ0) is 9.84. The molecule has 68 valence electrons. The molecule has 0 spiro atoms. The van der Waals surface area contributed by atoms with Gasteiger partial charge in [0.1, 0.15) is 0 Å². The van der Waals surface area contributed by atoms with Gasteiger partial charge < -0.3 is 0 Å². The number of allylic oxidation sites excluding steroid dienone is 2. The van der Waals surface area contributed by atoms with E-state index in [2.05, 4.69) is 0 Å². The summed E-state index contributed by atoms with van der Waals surface area (Å²) < 4.78 is 0. The summed E-state index contributed by atoms with van der Waals surface area (Å²) in [6, 6.07) is 6.88. The molecule has 0 heterocycles. The molecular formula is C11H11ClO. The van der Waals surface area contributed by atoms with Gasteiger partial charge in [-0.05, 0) is 44.2 Å². The molecule has 0 aliphatic heterocycles. The molecule has 1 aromatic carbocycles. The lowest BCUT2D eigenvalue weighted by Crippen LogP contribution is -1.93. The Kier molecular flexibility index (Phi) is 3.26. The molecule has 0 atom stereocenters. The zero-order valence-corrected chi connectivity index (χ0v) is 8.43. The minimum Gasteiger partial charge on any atom is -0.289 e. The summed E-state index contributed by atoms with van der Waals surface area (Å²) in [6.07, 6.45) is 1.61. The van der Waals surface area contributed by atoms with Crippen molar-refractivity contribution in [3.8, 4) is 0 Å². The molecule has 13 heavy (non-hydrogen) atoms. The van der Waals surface area contributed by atoms with Crippen LogP contribution in [-0.2, 0) is 0 Å². The van der Waals surface area contributed by atoms with Gasteiger partial charge in [0.05, 0.1) is 0 Å². The monoisotopic (exact) mass is 194 g/mol. The maximum atomic E-state index is 11.4. The van der Waals surface area contributed by atoms with E-state index in [1.807, 2.05) is 13.8 Å². The number of benzene rings is 1. The third kappa shape index (κ3) is 3.03. The van der Waals surface area contributed by atoms with E-state index in [1.54, 1.807) is 30.3 Å². The molecule has 0 aliphatic rings. The van der Waals surface area contributed by atoms with Crippen molar-refractivity contribution in [2.75, 3.05) is 0 Å². The quantitative estimate of drug-likeness (QED) is 0.520. The Bertz CT molecular complexity index is 332. The van der Waals surface area contributed by atoms with Gasteiger partial charge in [-0.15, -0.1) is 0 Å². The molecule has 0 N–H and O–H groups in total. The van der Waals surface area contributed by atoms with Gasteiger partial charge in [-0.1, -0.05) is 17.2 Å². The van der Waals surface area contributed by atoms with Crippen molar-refractivity contribution in [1.82, 2.24) is 0 Å². The van der Waals surface area contributed by atoms with Gasteiger partial charge in [-0.25, -0.2) is 0 Å². The van der Waals surface area contributed by atoms with Gasteiger partial charge in [-0.3, -0.25) is 4.79 Å². The van der Waals surface area contributed by atoms with Gasteiger partial charge in [0.25, 0.3) is 0 Å². The lowest BCUT2D eigenvalue weighted by Gasteiger charge is -1.96. The Morgan fingerprint density at radius 3 is 2.23 bits per heavy atom. The first-order chi connectivity index (χ1) is 6.09. The molecule has 2 heteroatoms. The fourth-order valence-corrected chi connectivity index (χ4v) is 1.09. The first kappa shape index (κ1) is 10.0. The maximum absolute atomic E-state index is 11.4. The zero-order valence-electron chi connectivity index (χ0n) is 7.67. The number of hydrogen-bond donors (Lipinski definition) is 0. The van der Waals surface area contributed by atoms with Crippen LogP contribution >= 0.6 is 11.6 Å². The topological polar surface area (TPSA) is 17.1 Å². The van der Waals surface area contributed by atoms with E-state index < -0.39 is 0 Å². The van der Waals surface area contributed by atoms with Crippen molar-refractivity contribution in [2.24, 2.45) is 0 Å². The van der Waals surface area contributed by atoms with Crippen LogP contribution in [0.4, 0.5) is 0 Å². The largest absolute Gasteiger partial charge is 0.289 e. The van der Waals surface area contributed by atoms with Crippen molar-refractivity contribution < 1.29 is 4.79 Å². The van der Waals surface area contributed by atoms with Crippen LogP contribution in [0, 0.1) is 0 Å². The number of carbonyl (C=O) groups excluding carboxylic acids is 1. The number of hydrogen-bond acceptors (Lipinski definition) is 1. The highest BCUT2D eigenvalue weighted by atomic mass is 35.5. The molecule has 0 fully saturated rings. The van der Waals surface area contributed by atoms with Gasteiger partial charge in [0.15, 0.2) is 5.78 Å². The van der Waals surface area contributed by atoms with E-state index in [0.717, 1.165) is 5.57 Å². The molecule has 0 amide bonds. The Hall–Kier alpha value is -1.08. The van der Waals surface area contributed by atoms with Crippen molar-refractivity contribution in [1.29, 1.82) is 0 Å². The molecule has 0 aliphatic carbocycles. The van der Waals surface area contributed by atoms with E-state index in [0.29, 0.717) is 10.6 Å². The highest BCUT2D eigenvalue weighted by Crippen LogP contribution is 2.10. The van der Waals surface area contributed by atoms with Crippen LogP contribution in [0.25, 0.3) is 0 Å². The first-order valence-corrected chi connectivity index (χ1v) is 4.42. The molecular weight excluding hydrogens is 184 g/mol. The van der Waals surface area contributed by atoms with Gasteiger partial charge in [0.2, 0.25) is 0 Å². The van der Waals surface area contributed by atoms with Gasteiger partial charge in [-0.2, -0.15) is 0 Å². The summed E-state index contributed by atoms with van der Waals surface area (Å²) >= 11 is 5.70. The summed E-state index contributed by atoms with van der Waals surface area (Å²) in [5.41, 5.74) is 1.67. The van der Waals surface area contributed by atoms with Crippen molar-refractivity contribution in [3.63, 3.8) is 0 Å². The molecule has 0 aromatic heterocycles. The summed E-state index contributed by atoms with van der Waals surface area (Å²) in [5.74, 6) is 0.0247. The van der Waals surface area contributed by atoms with Crippen LogP contribution in [0.2, 0.25) is 5.02 Å². The molecule has 0 saturated carbocycles. The van der Waals surface area contributed by atoms with E-state index in [1.165, 1.54) is 0 Å². The number of ketones is 1. The van der Waals surface area contributed by atoms with E-state index in [9.17, 15) is 4.79 Å². The molecule has 1 nitrogen and oxygen atoms in total. The maximum Gasteiger partial charge on any atom is 0.185 e. The molecule has 0 unspecified atom stereocenters. The second-order valence-electron chi connectivity index (χ2n) is 3.09. The summed E-state index contributed by atoms with van der Waals surface area (Å²) in [6.45, 7) is 3.79. The summed E-state index contributed by atoms with van der Waals surface area (Å²) in [7, 11) is 0. The Balaban J connectivity index is 2.90. The fraction of sp³-hybridized carbons (Fsp3) is 0.182. The van der Waals surface area contributed by atoms with Crippen LogP contribution in [0.3, 0.4) is 0 Å². The molecule has 0 bridgehead atoms. The normalized spacial score (nSPS) is 9.46. The van der Waals surface area contributed by atoms with E-state index in [-0.39, 0.29) is 5.78 Å². The van der Waals surface area contributed by atoms with Crippen molar-refractivity contribution in [2.45, 2.75) is 13.8 Å². The van der Waals surface area contributed by atoms with Crippen LogP contribution in [0.5, 0.6) is 0 Å². The summed E-state index contributed by atoms with van der Waals surface area (Å²) in [4.78, 5) is 11.4. The summed E-state index contributed by atoms with van der Waals surface area (Å²) in [5, 5.41) is 0.647. The van der Waals surface area contributed by atoms with Gasteiger partial charge >= 0.3 is 0 Å². The lowest BCUT2D eigenvalue weighted by molar-refractivity contribution is 0.104. The average Bonchev–Trinajstić information content (AvgIpc) is 2.04. The van der Waals surface area contributed by atoms with Gasteiger partial charge in [0, 0.05) is 10.6 Å². The predicted molar refractivity (Wildman–Crippen MR) is 55.2 cm³/mol. The molecule has 0 radical (unpaired) electrons. The fourth-order valence-electron chi connectivity index (χ4n) is 0.960. The molecule has 1 rings (SSSR count). The van der Waals surface area contributed by atoms with Crippen LogP contribution in [-0.4, -0.2) is 5.78 Å². The van der Waals surface area contributed by atoms with Crippen LogP contribution < -0.4 is 0 Å². The molecule has 1 aromatic rings. The first-order valence-electron chi connectivity index (χ1n) is 4.04. The van der Waals surface area contributed by atoms with Crippen molar-refractivity contribution in [3.05, 3.63) is 46.5 Å². The highest BCUT2D eigenvalue weighted by Gasteiger charge is 2.00. The number of rotatable bonds is 2. The Morgan fingerprint density at radius 2 is 1.77 bits per heavy atom. The predicted octanol–water partition coefficient (Wildman–Crippen LogP) is 3.49. The third-order valence-corrected chi connectivity index (χ3v) is 1.80. The second-order valence-corrected chi connectivity index (χ2v) is 3.53. The average molecular weight is 195 g/mol. The minimum absolute atomic E-state index is 0.0247. The number of carbonyl (C=O) groups is 1. The third-order valence-electron chi connectivity index (χ3n) is 1.55. The SMILES string of the molecule is CC(C)=CC(=O)c1ccc(Cl)cc1. The van der Waals surface area contributed by atoms with Crippen LogP contribution in [0.1, 0.15) is 24.2 Å². The van der Waals surface area contributed by atoms with Crippen LogP contribution in [0.15, 0.2) is 35.9 Å². The highest BCUT2D eigenvalue weighted by molar-refractivity contribution is 6.30. The molecule has 0 saturated heterocycles. The minimum atomic E-state index is 0.0247. The van der Waals surface area contributed by atoms with Crippen molar-refractivity contribution >= 4 is 17.4 Å². The Labute approximate surface area is 83.0 Å². The van der Waals surface area contributed by atoms with E-state index in [4.69, 9.17) is 11.6 Å².